The van der Waals surface area contributed by atoms with Gasteiger partial charge in [-0.25, -0.2) is 0 Å². The predicted octanol–water partition coefficient (Wildman–Crippen LogP) is 2.37. The number of alkyl halides is 3. The number of carbonyl (C=O) groups excluding carboxylic acids is 2. The van der Waals surface area contributed by atoms with E-state index in [0.29, 0.717) is 0 Å². The molecule has 1 heterocycles. The first-order chi connectivity index (χ1) is 9.39. The Morgan fingerprint density at radius 1 is 1.10 bits per heavy atom. The molecule has 106 valence electrons. The van der Waals surface area contributed by atoms with Gasteiger partial charge in [0.25, 0.3) is 0 Å². The molecule has 20 heavy (non-hydrogen) atoms. The fourth-order valence-electron chi connectivity index (χ4n) is 3.00. The van der Waals surface area contributed by atoms with Crippen molar-refractivity contribution in [3.63, 3.8) is 0 Å². The molecule has 0 bridgehead atoms. The van der Waals surface area contributed by atoms with E-state index in [9.17, 15) is 22.8 Å². The van der Waals surface area contributed by atoms with Crippen molar-refractivity contribution < 1.29 is 22.8 Å². The minimum atomic E-state index is -4.40. The molecule has 0 aromatic heterocycles. The lowest BCUT2D eigenvalue weighted by molar-refractivity contribution is -0.220. The quantitative estimate of drug-likeness (QED) is 0.781. The molecule has 3 atom stereocenters. The number of rotatable bonds is 2. The van der Waals surface area contributed by atoms with Gasteiger partial charge in [0.05, 0.1) is 24.3 Å². The first kappa shape index (κ1) is 13.1. The van der Waals surface area contributed by atoms with Crippen molar-refractivity contribution in [2.45, 2.75) is 19.1 Å². The lowest BCUT2D eigenvalue weighted by atomic mass is 9.66. The number of benzene rings is 1. The van der Waals surface area contributed by atoms with E-state index in [0.717, 1.165) is 10.5 Å². The van der Waals surface area contributed by atoms with Crippen LogP contribution < -0.4 is 0 Å². The topological polar surface area (TPSA) is 37.4 Å². The van der Waals surface area contributed by atoms with Crippen LogP contribution in [0.5, 0.6) is 0 Å². The second-order valence-electron chi connectivity index (χ2n) is 5.26. The molecule has 2 amide bonds. The van der Waals surface area contributed by atoms with Crippen LogP contribution in [-0.2, 0) is 16.1 Å². The molecule has 2 fully saturated rings. The first-order valence-electron chi connectivity index (χ1n) is 6.35. The first-order valence-corrected chi connectivity index (χ1v) is 6.35. The van der Waals surface area contributed by atoms with Gasteiger partial charge in [0.1, 0.15) is 0 Å². The molecule has 0 N–H and O–H groups in total. The van der Waals surface area contributed by atoms with E-state index in [1.807, 2.05) is 0 Å². The van der Waals surface area contributed by atoms with Gasteiger partial charge in [-0.2, -0.15) is 13.2 Å². The van der Waals surface area contributed by atoms with Crippen LogP contribution >= 0.6 is 0 Å². The average Bonchev–Trinajstić information content (AvgIpc) is 2.48. The number of halogens is 3. The molecule has 6 heteroatoms. The highest BCUT2D eigenvalue weighted by molar-refractivity contribution is 6.06. The van der Waals surface area contributed by atoms with Gasteiger partial charge in [-0.05, 0) is 12.0 Å². The van der Waals surface area contributed by atoms with Crippen LogP contribution in [0.2, 0.25) is 0 Å². The van der Waals surface area contributed by atoms with E-state index >= 15 is 0 Å². The number of carbonyl (C=O) groups is 2. The fraction of sp³-hybridized carbons (Fsp3) is 0.429. The minimum absolute atomic E-state index is 0.0517. The third-order valence-electron chi connectivity index (χ3n) is 4.11. The highest BCUT2D eigenvalue weighted by Gasteiger charge is 2.65. The number of likely N-dealkylation sites (tertiary alicyclic amines) is 1. The number of hydrogen-bond acceptors (Lipinski definition) is 2. The molecule has 1 saturated heterocycles. The molecule has 0 spiro atoms. The maximum atomic E-state index is 12.7. The molecule has 1 aliphatic heterocycles. The van der Waals surface area contributed by atoms with Crippen LogP contribution in [0.15, 0.2) is 30.3 Å². The van der Waals surface area contributed by atoms with Gasteiger partial charge < -0.3 is 0 Å². The summed E-state index contributed by atoms with van der Waals surface area (Å²) in [5.41, 5.74) is 0.735. The summed E-state index contributed by atoms with van der Waals surface area (Å²) in [6.45, 7) is 0.0517. The minimum Gasteiger partial charge on any atom is -0.278 e. The lowest BCUT2D eigenvalue weighted by Gasteiger charge is -2.37. The van der Waals surface area contributed by atoms with Crippen LogP contribution in [0.3, 0.4) is 0 Å². The van der Waals surface area contributed by atoms with E-state index in [1.54, 1.807) is 30.3 Å². The zero-order valence-electron chi connectivity index (χ0n) is 10.4. The molecule has 3 rings (SSSR count). The van der Waals surface area contributed by atoms with Crippen molar-refractivity contribution in [1.82, 2.24) is 4.90 Å². The molecule has 2 aliphatic rings. The highest BCUT2D eigenvalue weighted by Crippen LogP contribution is 2.54. The number of fused-ring (bicyclic) bond motifs is 1. The van der Waals surface area contributed by atoms with E-state index in [4.69, 9.17) is 0 Å². The molecular formula is C14H12F3NO2. The largest absolute Gasteiger partial charge is 0.392 e. The van der Waals surface area contributed by atoms with Crippen molar-refractivity contribution in [1.29, 1.82) is 0 Å². The van der Waals surface area contributed by atoms with Crippen LogP contribution in [0.4, 0.5) is 13.2 Å². The Morgan fingerprint density at radius 3 is 2.35 bits per heavy atom. The summed E-state index contributed by atoms with van der Waals surface area (Å²) in [7, 11) is 0. The highest BCUT2D eigenvalue weighted by atomic mass is 19.4. The monoisotopic (exact) mass is 283 g/mol. The van der Waals surface area contributed by atoms with Crippen LogP contribution in [0.1, 0.15) is 12.0 Å². The van der Waals surface area contributed by atoms with Crippen molar-refractivity contribution in [2.24, 2.45) is 17.8 Å². The maximum absolute atomic E-state index is 12.7. The van der Waals surface area contributed by atoms with Gasteiger partial charge in [0.2, 0.25) is 11.8 Å². The Balaban J connectivity index is 1.79. The zero-order valence-corrected chi connectivity index (χ0v) is 10.4. The van der Waals surface area contributed by atoms with Crippen molar-refractivity contribution in [2.75, 3.05) is 0 Å². The third kappa shape index (κ3) is 1.90. The lowest BCUT2D eigenvalue weighted by Crippen LogP contribution is -2.47. The second-order valence-corrected chi connectivity index (χ2v) is 5.26. The molecule has 1 aromatic carbocycles. The van der Waals surface area contributed by atoms with Gasteiger partial charge >= 0.3 is 6.18 Å². The van der Waals surface area contributed by atoms with Gasteiger partial charge in [-0.15, -0.1) is 0 Å². The fourth-order valence-corrected chi connectivity index (χ4v) is 3.00. The summed E-state index contributed by atoms with van der Waals surface area (Å²) >= 11 is 0. The third-order valence-corrected chi connectivity index (χ3v) is 4.11. The molecule has 3 nitrogen and oxygen atoms in total. The number of amides is 2. The average molecular weight is 283 g/mol. The summed E-state index contributed by atoms with van der Waals surface area (Å²) < 4.78 is 38.1. The molecule has 0 radical (unpaired) electrons. The molecule has 1 aromatic rings. The molecule has 0 unspecified atom stereocenters. The Labute approximate surface area is 113 Å². The van der Waals surface area contributed by atoms with Crippen molar-refractivity contribution >= 4 is 11.8 Å². The van der Waals surface area contributed by atoms with E-state index in [2.05, 4.69) is 0 Å². The van der Waals surface area contributed by atoms with Crippen LogP contribution in [0, 0.1) is 17.8 Å². The van der Waals surface area contributed by atoms with Crippen LogP contribution in [-0.4, -0.2) is 22.9 Å². The Kier molecular flexibility index (Phi) is 2.84. The normalized spacial score (nSPS) is 29.4. The van der Waals surface area contributed by atoms with Gasteiger partial charge in [0.15, 0.2) is 0 Å². The summed E-state index contributed by atoms with van der Waals surface area (Å²) in [6.07, 6.45) is -4.66. The molecule has 1 aliphatic carbocycles. The second kappa shape index (κ2) is 4.33. The number of imide groups is 1. The molecular weight excluding hydrogens is 271 g/mol. The molecule has 1 saturated carbocycles. The standard InChI is InChI=1S/C14H12F3NO2/c15-14(16,17)10-6-9-11(10)13(20)18(12(9)19)7-8-4-2-1-3-5-8/h1-5,9-11H,6-7H2/t9-,10-,11-/m1/s1. The maximum Gasteiger partial charge on any atom is 0.392 e. The summed E-state index contributed by atoms with van der Waals surface area (Å²) in [5, 5.41) is 0. The van der Waals surface area contributed by atoms with Crippen LogP contribution in [0.25, 0.3) is 0 Å². The summed E-state index contributed by atoms with van der Waals surface area (Å²) in [6, 6.07) is 8.78. The summed E-state index contributed by atoms with van der Waals surface area (Å²) in [5.74, 6) is -4.80. The van der Waals surface area contributed by atoms with Crippen molar-refractivity contribution in [3.8, 4) is 0 Å². The van der Waals surface area contributed by atoms with Crippen molar-refractivity contribution in [3.05, 3.63) is 35.9 Å². The van der Waals surface area contributed by atoms with E-state index < -0.39 is 35.7 Å². The van der Waals surface area contributed by atoms with Gasteiger partial charge in [0, 0.05) is 0 Å². The smallest absolute Gasteiger partial charge is 0.278 e. The van der Waals surface area contributed by atoms with Gasteiger partial charge in [-0.1, -0.05) is 30.3 Å². The Hall–Kier alpha value is -1.85. The SMILES string of the molecule is O=C1[C@H]2[C@H](C(F)(F)F)C[C@H]2C(=O)N1Cc1ccccc1. The predicted molar refractivity (Wildman–Crippen MR) is 63.1 cm³/mol. The Morgan fingerprint density at radius 2 is 1.75 bits per heavy atom. The number of hydrogen-bond donors (Lipinski definition) is 0. The Bertz CT molecular complexity index is 555. The van der Waals surface area contributed by atoms with E-state index in [-0.39, 0.29) is 13.0 Å². The zero-order chi connectivity index (χ0) is 14.5. The van der Waals surface area contributed by atoms with E-state index in [1.165, 1.54) is 0 Å². The van der Waals surface area contributed by atoms with Gasteiger partial charge in [-0.3, -0.25) is 14.5 Å². The summed E-state index contributed by atoms with van der Waals surface area (Å²) in [4.78, 5) is 25.0. The number of nitrogens with zero attached hydrogens (tertiary/aromatic N) is 1.